The summed E-state index contributed by atoms with van der Waals surface area (Å²) in [6.45, 7) is 6.66. The van der Waals surface area contributed by atoms with Crippen molar-refractivity contribution in [2.75, 3.05) is 25.1 Å². The molecule has 1 aromatic carbocycles. The molecule has 0 atom stereocenters. The summed E-state index contributed by atoms with van der Waals surface area (Å²) >= 11 is 6.04. The SMILES string of the molecule is CC(C)COCCCNc1nnc(Cl)c2ccccc12. The monoisotopic (exact) mass is 293 g/mol. The van der Waals surface area contributed by atoms with Gasteiger partial charge in [-0.1, -0.05) is 49.7 Å². The molecule has 0 amide bonds. The third-order valence-corrected chi connectivity index (χ3v) is 3.13. The Morgan fingerprint density at radius 3 is 2.70 bits per heavy atom. The molecule has 1 heterocycles. The third kappa shape index (κ3) is 4.05. The predicted molar refractivity (Wildman–Crippen MR) is 83.3 cm³/mol. The summed E-state index contributed by atoms with van der Waals surface area (Å²) in [4.78, 5) is 0. The summed E-state index contributed by atoms with van der Waals surface area (Å²) in [6, 6.07) is 7.85. The van der Waals surface area contributed by atoms with E-state index in [1.54, 1.807) is 0 Å². The summed E-state index contributed by atoms with van der Waals surface area (Å²) in [5.74, 6) is 1.35. The Kier molecular flexibility index (Phi) is 5.56. The molecule has 0 spiro atoms. The zero-order valence-electron chi connectivity index (χ0n) is 11.9. The highest BCUT2D eigenvalue weighted by molar-refractivity contribution is 6.34. The minimum absolute atomic E-state index is 0.436. The molecule has 2 rings (SSSR count). The number of nitrogens with zero attached hydrogens (tertiary/aromatic N) is 2. The minimum Gasteiger partial charge on any atom is -0.381 e. The number of rotatable bonds is 7. The van der Waals surface area contributed by atoms with Crippen LogP contribution in [0.3, 0.4) is 0 Å². The number of hydrogen-bond acceptors (Lipinski definition) is 4. The quantitative estimate of drug-likeness (QED) is 0.790. The van der Waals surface area contributed by atoms with Crippen LogP contribution in [0.25, 0.3) is 10.8 Å². The second kappa shape index (κ2) is 7.41. The lowest BCUT2D eigenvalue weighted by Gasteiger charge is -2.09. The lowest BCUT2D eigenvalue weighted by Crippen LogP contribution is -2.10. The van der Waals surface area contributed by atoms with Crippen LogP contribution in [-0.4, -0.2) is 30.0 Å². The van der Waals surface area contributed by atoms with Gasteiger partial charge in [0, 0.05) is 30.5 Å². The van der Waals surface area contributed by atoms with Gasteiger partial charge < -0.3 is 10.1 Å². The van der Waals surface area contributed by atoms with Gasteiger partial charge in [0.1, 0.15) is 0 Å². The van der Waals surface area contributed by atoms with Crippen LogP contribution in [0.1, 0.15) is 20.3 Å². The molecular weight excluding hydrogens is 274 g/mol. The van der Waals surface area contributed by atoms with Crippen molar-refractivity contribution in [3.8, 4) is 0 Å². The maximum absolute atomic E-state index is 6.04. The van der Waals surface area contributed by atoms with Gasteiger partial charge in [-0.25, -0.2) is 0 Å². The van der Waals surface area contributed by atoms with Gasteiger partial charge in [0.15, 0.2) is 11.0 Å². The summed E-state index contributed by atoms with van der Waals surface area (Å²) < 4.78 is 5.54. The molecule has 0 unspecified atom stereocenters. The van der Waals surface area contributed by atoms with E-state index in [4.69, 9.17) is 16.3 Å². The van der Waals surface area contributed by atoms with Crippen molar-refractivity contribution >= 4 is 28.2 Å². The lowest BCUT2D eigenvalue weighted by atomic mass is 10.2. The first-order chi connectivity index (χ1) is 9.68. The Morgan fingerprint density at radius 2 is 1.95 bits per heavy atom. The smallest absolute Gasteiger partial charge is 0.159 e. The molecule has 108 valence electrons. The van der Waals surface area contributed by atoms with Gasteiger partial charge in [-0.3, -0.25) is 0 Å². The Bertz CT molecular complexity index is 560. The van der Waals surface area contributed by atoms with E-state index in [0.29, 0.717) is 11.1 Å². The fourth-order valence-corrected chi connectivity index (χ4v) is 2.10. The molecule has 0 saturated heterocycles. The van der Waals surface area contributed by atoms with E-state index >= 15 is 0 Å². The molecule has 0 radical (unpaired) electrons. The van der Waals surface area contributed by atoms with Crippen LogP contribution in [0.4, 0.5) is 5.82 Å². The Balaban J connectivity index is 1.89. The Labute approximate surface area is 124 Å². The number of anilines is 1. The van der Waals surface area contributed by atoms with Crippen LogP contribution in [0, 0.1) is 5.92 Å². The van der Waals surface area contributed by atoms with Gasteiger partial charge in [-0.15, -0.1) is 10.2 Å². The molecule has 2 aromatic rings. The van der Waals surface area contributed by atoms with Crippen LogP contribution >= 0.6 is 11.6 Å². The molecule has 0 fully saturated rings. The Morgan fingerprint density at radius 1 is 1.20 bits per heavy atom. The van der Waals surface area contributed by atoms with Gasteiger partial charge in [0.05, 0.1) is 0 Å². The van der Waals surface area contributed by atoms with Crippen LogP contribution in [0.15, 0.2) is 24.3 Å². The van der Waals surface area contributed by atoms with E-state index in [1.165, 1.54) is 0 Å². The maximum Gasteiger partial charge on any atom is 0.159 e. The van der Waals surface area contributed by atoms with Crippen LogP contribution < -0.4 is 5.32 Å². The summed E-state index contributed by atoms with van der Waals surface area (Å²) in [7, 11) is 0. The fourth-order valence-electron chi connectivity index (χ4n) is 1.90. The van der Waals surface area contributed by atoms with E-state index in [0.717, 1.165) is 42.8 Å². The molecule has 5 heteroatoms. The lowest BCUT2D eigenvalue weighted by molar-refractivity contribution is 0.110. The standard InChI is InChI=1S/C15H20ClN3O/c1-11(2)10-20-9-5-8-17-15-13-7-4-3-6-12(13)14(16)18-19-15/h3-4,6-7,11H,5,8-10H2,1-2H3,(H,17,19). The van der Waals surface area contributed by atoms with Crippen LogP contribution in [0.2, 0.25) is 5.15 Å². The van der Waals surface area contributed by atoms with E-state index in [1.807, 2.05) is 24.3 Å². The number of hydrogen-bond donors (Lipinski definition) is 1. The first-order valence-corrected chi connectivity index (χ1v) is 7.29. The first kappa shape index (κ1) is 15.0. The molecule has 4 nitrogen and oxygen atoms in total. The fraction of sp³-hybridized carbons (Fsp3) is 0.467. The van der Waals surface area contributed by atoms with Crippen molar-refractivity contribution in [1.29, 1.82) is 0 Å². The van der Waals surface area contributed by atoms with E-state index in [9.17, 15) is 0 Å². The van der Waals surface area contributed by atoms with Gasteiger partial charge >= 0.3 is 0 Å². The zero-order valence-corrected chi connectivity index (χ0v) is 12.7. The molecule has 0 aliphatic carbocycles. The van der Waals surface area contributed by atoms with Gasteiger partial charge in [-0.05, 0) is 12.3 Å². The van der Waals surface area contributed by atoms with Crippen molar-refractivity contribution < 1.29 is 4.74 Å². The molecule has 0 aliphatic rings. The molecule has 0 bridgehead atoms. The second-order valence-corrected chi connectivity index (χ2v) is 5.49. The second-order valence-electron chi connectivity index (χ2n) is 5.13. The minimum atomic E-state index is 0.436. The van der Waals surface area contributed by atoms with Crippen LogP contribution in [0.5, 0.6) is 0 Å². The van der Waals surface area contributed by atoms with Crippen molar-refractivity contribution in [2.45, 2.75) is 20.3 Å². The molecule has 20 heavy (non-hydrogen) atoms. The Hall–Kier alpha value is -1.39. The predicted octanol–water partition coefficient (Wildman–Crippen LogP) is 3.76. The van der Waals surface area contributed by atoms with Crippen molar-refractivity contribution in [1.82, 2.24) is 10.2 Å². The molecule has 1 aromatic heterocycles. The average Bonchev–Trinajstić information content (AvgIpc) is 2.45. The normalized spacial score (nSPS) is 11.2. The average molecular weight is 294 g/mol. The molecule has 1 N–H and O–H groups in total. The summed E-state index contributed by atoms with van der Waals surface area (Å²) in [5, 5.41) is 13.7. The molecular formula is C15H20ClN3O. The van der Waals surface area contributed by atoms with Crippen LogP contribution in [-0.2, 0) is 4.74 Å². The number of benzene rings is 1. The third-order valence-electron chi connectivity index (χ3n) is 2.85. The topological polar surface area (TPSA) is 47.0 Å². The van der Waals surface area contributed by atoms with Crippen molar-refractivity contribution in [2.24, 2.45) is 5.92 Å². The van der Waals surface area contributed by atoms with Crippen molar-refractivity contribution in [3.63, 3.8) is 0 Å². The first-order valence-electron chi connectivity index (χ1n) is 6.91. The highest BCUT2D eigenvalue weighted by Gasteiger charge is 2.06. The molecule has 0 aliphatic heterocycles. The van der Waals surface area contributed by atoms with Gasteiger partial charge in [-0.2, -0.15) is 0 Å². The highest BCUT2D eigenvalue weighted by atomic mass is 35.5. The number of aromatic nitrogens is 2. The number of nitrogens with one attached hydrogen (secondary N) is 1. The summed E-state index contributed by atoms with van der Waals surface area (Å²) in [5.41, 5.74) is 0. The highest BCUT2D eigenvalue weighted by Crippen LogP contribution is 2.25. The van der Waals surface area contributed by atoms with E-state index in [-0.39, 0.29) is 0 Å². The largest absolute Gasteiger partial charge is 0.381 e. The maximum atomic E-state index is 6.04. The number of ether oxygens (including phenoxy) is 1. The number of halogens is 1. The van der Waals surface area contributed by atoms with E-state index < -0.39 is 0 Å². The van der Waals surface area contributed by atoms with Gasteiger partial charge in [0.25, 0.3) is 0 Å². The number of fused-ring (bicyclic) bond motifs is 1. The van der Waals surface area contributed by atoms with Gasteiger partial charge in [0.2, 0.25) is 0 Å². The zero-order chi connectivity index (χ0) is 14.4. The summed E-state index contributed by atoms with van der Waals surface area (Å²) in [6.07, 6.45) is 0.936. The molecule has 0 saturated carbocycles. The van der Waals surface area contributed by atoms with E-state index in [2.05, 4.69) is 29.4 Å². The van der Waals surface area contributed by atoms with Crippen molar-refractivity contribution in [3.05, 3.63) is 29.4 Å².